The van der Waals surface area contributed by atoms with Crippen LogP contribution in [0, 0.1) is 0 Å². The molecule has 1 aromatic carbocycles. The first-order chi connectivity index (χ1) is 9.15. The standard InChI is InChI=1S/C10H6F3O6P/c11-10(12,13)19-20(15,16)18-7-3-1-6-2-4-9(14)17-8(6)5-7/h1-5H,(H,15,16). The molecule has 2 aromatic rings. The summed E-state index contributed by atoms with van der Waals surface area (Å²) in [4.78, 5) is 19.9. The van der Waals surface area contributed by atoms with Crippen LogP contribution in [0.1, 0.15) is 0 Å². The summed E-state index contributed by atoms with van der Waals surface area (Å²) < 4.78 is 58.6. The second-order valence-corrected chi connectivity index (χ2v) is 4.85. The van der Waals surface area contributed by atoms with Crippen molar-refractivity contribution in [3.05, 3.63) is 40.8 Å². The highest BCUT2D eigenvalue weighted by atomic mass is 31.2. The van der Waals surface area contributed by atoms with Gasteiger partial charge in [0.05, 0.1) is 0 Å². The third kappa shape index (κ3) is 3.83. The summed E-state index contributed by atoms with van der Waals surface area (Å²) in [7, 11) is -5.37. The van der Waals surface area contributed by atoms with Gasteiger partial charge in [-0.25, -0.2) is 9.36 Å². The van der Waals surface area contributed by atoms with Gasteiger partial charge in [-0.1, -0.05) is 0 Å². The van der Waals surface area contributed by atoms with Crippen LogP contribution in [-0.2, 0) is 9.09 Å². The van der Waals surface area contributed by atoms with Crippen molar-refractivity contribution in [2.75, 3.05) is 0 Å². The molecular weight excluding hydrogens is 304 g/mol. The molecule has 0 saturated carbocycles. The first kappa shape index (κ1) is 14.6. The van der Waals surface area contributed by atoms with Crippen LogP contribution in [0.3, 0.4) is 0 Å². The van der Waals surface area contributed by atoms with E-state index in [1.54, 1.807) is 0 Å². The Morgan fingerprint density at radius 3 is 2.50 bits per heavy atom. The van der Waals surface area contributed by atoms with Crippen molar-refractivity contribution < 1.29 is 36.1 Å². The van der Waals surface area contributed by atoms with E-state index in [-0.39, 0.29) is 5.58 Å². The summed E-state index contributed by atoms with van der Waals surface area (Å²) in [5.74, 6) is -0.415. The highest BCUT2D eigenvalue weighted by Gasteiger charge is 2.42. The topological polar surface area (TPSA) is 86.0 Å². The number of phosphoric ester groups is 1. The van der Waals surface area contributed by atoms with E-state index >= 15 is 0 Å². The first-order valence-corrected chi connectivity index (χ1v) is 6.48. The monoisotopic (exact) mass is 310 g/mol. The van der Waals surface area contributed by atoms with Crippen molar-refractivity contribution in [1.29, 1.82) is 0 Å². The average Bonchev–Trinajstić information content (AvgIpc) is 2.24. The van der Waals surface area contributed by atoms with E-state index in [2.05, 4.69) is 9.05 Å². The molecule has 0 aliphatic carbocycles. The number of alkyl halides is 3. The summed E-state index contributed by atoms with van der Waals surface area (Å²) in [6.45, 7) is 0. The van der Waals surface area contributed by atoms with E-state index in [0.29, 0.717) is 5.39 Å². The molecule has 0 fully saturated rings. The Hall–Kier alpha value is -1.83. The molecular formula is C10H6F3O6P. The van der Waals surface area contributed by atoms with Crippen LogP contribution in [0.2, 0.25) is 0 Å². The molecule has 108 valence electrons. The molecule has 0 radical (unpaired) electrons. The van der Waals surface area contributed by atoms with Crippen LogP contribution in [-0.4, -0.2) is 11.3 Å². The number of fused-ring (bicyclic) bond motifs is 1. The zero-order chi connectivity index (χ0) is 15.0. The normalized spacial score (nSPS) is 15.0. The summed E-state index contributed by atoms with van der Waals surface area (Å²) >= 11 is 0. The third-order valence-corrected chi connectivity index (χ3v) is 2.91. The Morgan fingerprint density at radius 1 is 1.20 bits per heavy atom. The van der Waals surface area contributed by atoms with Crippen molar-refractivity contribution in [3.63, 3.8) is 0 Å². The van der Waals surface area contributed by atoms with Gasteiger partial charge in [-0.05, 0) is 18.2 Å². The predicted molar refractivity (Wildman–Crippen MR) is 60.1 cm³/mol. The fourth-order valence-electron chi connectivity index (χ4n) is 1.38. The van der Waals surface area contributed by atoms with Gasteiger partial charge in [0, 0.05) is 17.5 Å². The van der Waals surface area contributed by atoms with Gasteiger partial charge in [-0.2, -0.15) is 4.52 Å². The molecule has 0 saturated heterocycles. The molecule has 0 bridgehead atoms. The van der Waals surface area contributed by atoms with E-state index < -0.39 is 25.6 Å². The van der Waals surface area contributed by atoms with Gasteiger partial charge in [-0.15, -0.1) is 13.2 Å². The van der Waals surface area contributed by atoms with Crippen molar-refractivity contribution in [2.45, 2.75) is 6.36 Å². The zero-order valence-electron chi connectivity index (χ0n) is 9.46. The second-order valence-electron chi connectivity index (χ2n) is 3.55. The molecule has 1 aromatic heterocycles. The van der Waals surface area contributed by atoms with Crippen LogP contribution in [0.4, 0.5) is 13.2 Å². The fourth-order valence-corrected chi connectivity index (χ4v) is 2.06. The van der Waals surface area contributed by atoms with Crippen LogP contribution in [0.15, 0.2) is 39.5 Å². The maximum absolute atomic E-state index is 11.9. The number of hydrogen-bond acceptors (Lipinski definition) is 5. The number of phosphoric acid groups is 1. The van der Waals surface area contributed by atoms with Crippen LogP contribution in [0.25, 0.3) is 11.0 Å². The molecule has 0 amide bonds. The van der Waals surface area contributed by atoms with E-state index in [0.717, 1.165) is 18.2 Å². The summed E-state index contributed by atoms with van der Waals surface area (Å²) in [6.07, 6.45) is -5.33. The lowest BCUT2D eigenvalue weighted by Crippen LogP contribution is -2.13. The Morgan fingerprint density at radius 2 is 1.85 bits per heavy atom. The number of halogens is 3. The molecule has 1 N–H and O–H groups in total. The molecule has 6 nitrogen and oxygen atoms in total. The van der Waals surface area contributed by atoms with Gasteiger partial charge < -0.3 is 8.94 Å². The maximum atomic E-state index is 11.9. The van der Waals surface area contributed by atoms with Crippen molar-refractivity contribution in [2.24, 2.45) is 0 Å². The van der Waals surface area contributed by atoms with E-state index in [9.17, 15) is 22.5 Å². The summed E-state index contributed by atoms with van der Waals surface area (Å²) in [5.41, 5.74) is -0.699. The predicted octanol–water partition coefficient (Wildman–Crippen LogP) is 2.81. The number of benzene rings is 1. The molecule has 0 aliphatic heterocycles. The van der Waals surface area contributed by atoms with Gasteiger partial charge in [0.1, 0.15) is 11.3 Å². The summed E-state index contributed by atoms with van der Waals surface area (Å²) in [5, 5.41) is 0.460. The first-order valence-electron chi connectivity index (χ1n) is 4.98. The Bertz CT molecular complexity index is 738. The smallest absolute Gasteiger partial charge is 0.423 e. The molecule has 1 atom stereocenters. The molecule has 0 spiro atoms. The van der Waals surface area contributed by atoms with Gasteiger partial charge in [0.2, 0.25) is 0 Å². The lowest BCUT2D eigenvalue weighted by Gasteiger charge is -2.14. The maximum Gasteiger partial charge on any atom is 0.534 e. The highest BCUT2D eigenvalue weighted by molar-refractivity contribution is 7.47. The van der Waals surface area contributed by atoms with E-state index in [1.165, 1.54) is 12.1 Å². The minimum Gasteiger partial charge on any atom is -0.423 e. The molecule has 10 heteroatoms. The lowest BCUT2D eigenvalue weighted by atomic mass is 10.2. The molecule has 1 unspecified atom stereocenters. The minimum atomic E-state index is -5.37. The number of rotatable bonds is 3. The lowest BCUT2D eigenvalue weighted by molar-refractivity contribution is -0.281. The Kier molecular flexibility index (Phi) is 3.59. The fraction of sp³-hybridized carbons (Fsp3) is 0.100. The zero-order valence-corrected chi connectivity index (χ0v) is 10.4. The largest absolute Gasteiger partial charge is 0.534 e. The highest BCUT2D eigenvalue weighted by Crippen LogP contribution is 2.49. The van der Waals surface area contributed by atoms with E-state index in [1.807, 2.05) is 0 Å². The molecule has 0 aliphatic rings. The van der Waals surface area contributed by atoms with Gasteiger partial charge in [-0.3, -0.25) is 4.89 Å². The summed E-state index contributed by atoms with van der Waals surface area (Å²) in [6, 6.07) is 6.02. The third-order valence-electron chi connectivity index (χ3n) is 2.03. The SMILES string of the molecule is O=c1ccc2ccc(OP(=O)(O)OC(F)(F)F)cc2o1. The van der Waals surface area contributed by atoms with Gasteiger partial charge in [0.25, 0.3) is 0 Å². The number of hydrogen-bond donors (Lipinski definition) is 1. The minimum absolute atomic E-state index is 0.0120. The molecule has 1 heterocycles. The van der Waals surface area contributed by atoms with Crippen LogP contribution in [0.5, 0.6) is 5.75 Å². The van der Waals surface area contributed by atoms with E-state index in [4.69, 9.17) is 9.31 Å². The van der Waals surface area contributed by atoms with Gasteiger partial charge in [0.15, 0.2) is 0 Å². The molecule has 20 heavy (non-hydrogen) atoms. The van der Waals surface area contributed by atoms with Gasteiger partial charge >= 0.3 is 19.8 Å². The average molecular weight is 310 g/mol. The quantitative estimate of drug-likeness (QED) is 0.693. The van der Waals surface area contributed by atoms with Crippen LogP contribution < -0.4 is 10.1 Å². The van der Waals surface area contributed by atoms with Crippen molar-refractivity contribution in [1.82, 2.24) is 0 Å². The van der Waals surface area contributed by atoms with Crippen LogP contribution >= 0.6 is 7.82 Å². The van der Waals surface area contributed by atoms with Crippen molar-refractivity contribution >= 4 is 18.8 Å². The Labute approximate surface area is 109 Å². The molecule has 2 rings (SSSR count). The Balaban J connectivity index is 2.30. The second kappa shape index (κ2) is 4.93. The van der Waals surface area contributed by atoms with Crippen molar-refractivity contribution in [3.8, 4) is 5.75 Å².